The number of hydrogen-bond acceptors (Lipinski definition) is 11. The van der Waals surface area contributed by atoms with E-state index < -0.39 is 48.0 Å². The quantitative estimate of drug-likeness (QED) is 0.158. The number of piperidine rings is 2. The molecule has 4 aliphatic heterocycles. The molecule has 6 rings (SSSR count). The maximum absolute atomic E-state index is 13.9. The zero-order valence-electron chi connectivity index (χ0n) is 28.5. The summed E-state index contributed by atoms with van der Waals surface area (Å²) in [4.78, 5) is 27.5. The van der Waals surface area contributed by atoms with Crippen molar-refractivity contribution in [1.82, 2.24) is 10.6 Å². The Bertz CT molecular complexity index is 1120. The maximum atomic E-state index is 13.9. The lowest BCUT2D eigenvalue weighted by Gasteiger charge is -2.58. The predicted octanol–water partition coefficient (Wildman–Crippen LogP) is 2.26. The van der Waals surface area contributed by atoms with E-state index in [4.69, 9.17) is 25.7 Å². The molecule has 13 unspecified atom stereocenters. The number of rotatable bonds is 9. The van der Waals surface area contributed by atoms with Crippen LogP contribution in [-0.4, -0.2) is 90.1 Å². The Morgan fingerprint density at radius 3 is 2.53 bits per heavy atom. The first kappa shape index (κ1) is 35.4. The molecule has 0 aromatic rings. The van der Waals surface area contributed by atoms with Crippen molar-refractivity contribution >= 4 is 11.8 Å². The molecular weight excluding hydrogens is 600 g/mol. The maximum Gasteiger partial charge on any atom is 0.334 e. The minimum atomic E-state index is -0.991. The molecule has 0 aromatic carbocycles. The largest absolute Gasteiger partial charge is 0.456 e. The van der Waals surface area contributed by atoms with E-state index in [9.17, 15) is 19.8 Å². The molecule has 4 heterocycles. The molecule has 11 heteroatoms. The number of carbonyl (C=O) groups is 2. The van der Waals surface area contributed by atoms with Crippen molar-refractivity contribution in [3.8, 4) is 0 Å². The van der Waals surface area contributed by atoms with Crippen LogP contribution in [0, 0.1) is 35.5 Å². The third-order valence-electron chi connectivity index (χ3n) is 12.7. The van der Waals surface area contributed by atoms with Crippen LogP contribution >= 0.6 is 0 Å². The van der Waals surface area contributed by atoms with Crippen LogP contribution in [0.15, 0.2) is 11.6 Å². The van der Waals surface area contributed by atoms with Crippen LogP contribution in [-0.2, 0) is 23.8 Å². The number of ether oxygens (including phenoxy) is 3. The van der Waals surface area contributed by atoms with E-state index in [1.165, 1.54) is 0 Å². The first-order chi connectivity index (χ1) is 22.6. The Morgan fingerprint density at radius 2 is 1.85 bits per heavy atom. The fourth-order valence-electron chi connectivity index (χ4n) is 9.98. The fraction of sp³-hybridized carbons (Fsp3) is 0.889. The average molecular weight is 661 g/mol. The molecule has 0 radical (unpaired) electrons. The number of hydrogen-bond donors (Lipinski definition) is 6. The first-order valence-corrected chi connectivity index (χ1v) is 18.6. The van der Waals surface area contributed by atoms with E-state index in [0.717, 1.165) is 82.9 Å². The standard InChI is InChI=1S/C36H60N4O7/c1-3-24(22-6-4-5-7-22)35(44)46-28-17-25-32(43)31-27(42)16-23(19-41)45-34(31)26(14-21-11-13-39-30(38)15-21)33(25)47-36(28,2)12-10-20-8-9-29(37)40-18-20/h3,20-23,25-26,28-34,39-41,43H,4-19,37-38H2,1-2H3. The molecule has 0 spiro atoms. The summed E-state index contributed by atoms with van der Waals surface area (Å²) in [5, 5.41) is 28.7. The Balaban J connectivity index is 1.30. The third-order valence-corrected chi connectivity index (χ3v) is 12.7. The lowest BCUT2D eigenvalue weighted by atomic mass is 9.60. The molecule has 8 N–H and O–H groups in total. The van der Waals surface area contributed by atoms with E-state index in [2.05, 4.69) is 17.6 Å². The number of nitrogens with two attached hydrogens (primary N) is 2. The summed E-state index contributed by atoms with van der Waals surface area (Å²) in [6.07, 6.45) is 9.55. The zero-order chi connectivity index (χ0) is 33.3. The highest BCUT2D eigenvalue weighted by atomic mass is 16.6. The topological polar surface area (TPSA) is 178 Å². The highest BCUT2D eigenvalue weighted by Gasteiger charge is 2.61. The van der Waals surface area contributed by atoms with Crippen LogP contribution in [0.4, 0.5) is 0 Å². The van der Waals surface area contributed by atoms with Gasteiger partial charge in [-0.2, -0.15) is 0 Å². The predicted molar refractivity (Wildman–Crippen MR) is 177 cm³/mol. The molecule has 0 amide bonds. The number of aliphatic hydroxyl groups excluding tert-OH is 2. The van der Waals surface area contributed by atoms with Gasteiger partial charge in [-0.05, 0) is 109 Å². The van der Waals surface area contributed by atoms with E-state index in [0.29, 0.717) is 24.7 Å². The van der Waals surface area contributed by atoms with Crippen LogP contribution < -0.4 is 22.1 Å². The van der Waals surface area contributed by atoms with Gasteiger partial charge in [-0.1, -0.05) is 18.9 Å². The summed E-state index contributed by atoms with van der Waals surface area (Å²) in [5.41, 5.74) is 12.4. The molecule has 47 heavy (non-hydrogen) atoms. The van der Waals surface area contributed by atoms with Gasteiger partial charge in [0.05, 0.1) is 49.3 Å². The minimum Gasteiger partial charge on any atom is -0.456 e. The second-order valence-corrected chi connectivity index (χ2v) is 15.9. The Hall–Kier alpha value is -1.44. The number of ketones is 1. The van der Waals surface area contributed by atoms with Crippen LogP contribution in [0.5, 0.6) is 0 Å². The van der Waals surface area contributed by atoms with Crippen LogP contribution in [0.25, 0.3) is 0 Å². The van der Waals surface area contributed by atoms with Gasteiger partial charge in [-0.15, -0.1) is 0 Å². The van der Waals surface area contributed by atoms with Crippen LogP contribution in [0.1, 0.15) is 97.3 Å². The first-order valence-electron chi connectivity index (χ1n) is 18.6. The van der Waals surface area contributed by atoms with E-state index in [1.54, 1.807) is 0 Å². The number of esters is 1. The van der Waals surface area contributed by atoms with E-state index in [-0.39, 0.29) is 48.9 Å². The fourth-order valence-corrected chi connectivity index (χ4v) is 9.98. The lowest BCUT2D eigenvalue weighted by molar-refractivity contribution is -0.286. The molecule has 4 saturated heterocycles. The summed E-state index contributed by atoms with van der Waals surface area (Å²) >= 11 is 0. The van der Waals surface area contributed by atoms with Gasteiger partial charge in [0, 0.05) is 23.8 Å². The molecular formula is C36H60N4O7. The molecule has 6 aliphatic rings. The molecule has 11 nitrogen and oxygen atoms in total. The number of aliphatic hydroxyl groups is 2. The molecule has 6 fully saturated rings. The number of Topliss-reactive ketones (excluding diaryl/α,β-unsaturated/α-hetero) is 1. The van der Waals surface area contributed by atoms with E-state index >= 15 is 0 Å². The highest BCUT2D eigenvalue weighted by Crippen LogP contribution is 2.52. The van der Waals surface area contributed by atoms with Crippen molar-refractivity contribution in [2.75, 3.05) is 19.7 Å². The molecule has 0 bridgehead atoms. The van der Waals surface area contributed by atoms with Gasteiger partial charge in [-0.3, -0.25) is 4.79 Å². The Kier molecular flexibility index (Phi) is 11.5. The lowest BCUT2D eigenvalue weighted by Crippen LogP contribution is -2.68. The van der Waals surface area contributed by atoms with Crippen molar-refractivity contribution < 1.29 is 34.0 Å². The Morgan fingerprint density at radius 1 is 1.06 bits per heavy atom. The summed E-state index contributed by atoms with van der Waals surface area (Å²) in [5.74, 6) is -0.653. The van der Waals surface area contributed by atoms with Crippen molar-refractivity contribution in [3.05, 3.63) is 11.6 Å². The Labute approximate surface area is 280 Å². The number of allylic oxidation sites excluding steroid dienone is 1. The van der Waals surface area contributed by atoms with Crippen molar-refractivity contribution in [3.63, 3.8) is 0 Å². The van der Waals surface area contributed by atoms with Gasteiger partial charge in [0.1, 0.15) is 17.5 Å². The van der Waals surface area contributed by atoms with Gasteiger partial charge in [0.25, 0.3) is 0 Å². The van der Waals surface area contributed by atoms with E-state index in [1.807, 2.05) is 13.0 Å². The van der Waals surface area contributed by atoms with Gasteiger partial charge in [0.15, 0.2) is 0 Å². The van der Waals surface area contributed by atoms with Crippen molar-refractivity contribution in [2.45, 2.75) is 146 Å². The third kappa shape index (κ3) is 7.67. The molecule has 2 saturated carbocycles. The smallest absolute Gasteiger partial charge is 0.334 e. The molecule has 266 valence electrons. The summed E-state index contributed by atoms with van der Waals surface area (Å²) in [7, 11) is 0. The molecule has 13 atom stereocenters. The summed E-state index contributed by atoms with van der Waals surface area (Å²) in [6, 6.07) is 0. The second kappa shape index (κ2) is 15.2. The van der Waals surface area contributed by atoms with Gasteiger partial charge < -0.3 is 46.5 Å². The van der Waals surface area contributed by atoms with Crippen molar-refractivity contribution in [1.29, 1.82) is 0 Å². The van der Waals surface area contributed by atoms with Crippen LogP contribution in [0.3, 0.4) is 0 Å². The van der Waals surface area contributed by atoms with Gasteiger partial charge >= 0.3 is 5.97 Å². The number of fused-ring (bicyclic) bond motifs is 2. The normalized spacial score (nSPS) is 44.9. The second-order valence-electron chi connectivity index (χ2n) is 15.9. The number of carbonyl (C=O) groups excluding carboxylic acids is 2. The monoisotopic (exact) mass is 660 g/mol. The molecule has 0 aromatic heterocycles. The van der Waals surface area contributed by atoms with Crippen molar-refractivity contribution in [2.24, 2.45) is 47.0 Å². The summed E-state index contributed by atoms with van der Waals surface area (Å²) < 4.78 is 20.2. The van der Waals surface area contributed by atoms with Gasteiger partial charge in [0.2, 0.25) is 0 Å². The SMILES string of the molecule is CC=C(C(=O)OC1CC2C(O)C3C(=O)CC(CO)OC3C(CC3CCNC(N)C3)C2OC1(C)CCC1CCC(N)NC1)C1CCCC1. The molecule has 2 aliphatic carbocycles. The number of nitrogens with one attached hydrogen (secondary N) is 2. The minimum absolute atomic E-state index is 0.0264. The van der Waals surface area contributed by atoms with Crippen LogP contribution in [0.2, 0.25) is 0 Å². The summed E-state index contributed by atoms with van der Waals surface area (Å²) in [6.45, 7) is 5.42. The highest BCUT2D eigenvalue weighted by molar-refractivity contribution is 5.89. The average Bonchev–Trinajstić information content (AvgIpc) is 3.58. The van der Waals surface area contributed by atoms with Gasteiger partial charge in [-0.25, -0.2) is 4.79 Å². The zero-order valence-corrected chi connectivity index (χ0v) is 28.5.